The van der Waals surface area contributed by atoms with Crippen molar-refractivity contribution in [2.24, 2.45) is 10.8 Å². The molecule has 6 heteroatoms. The molecule has 6 aromatic rings. The van der Waals surface area contributed by atoms with Crippen LogP contribution in [-0.2, 0) is 30.3 Å². The van der Waals surface area contributed by atoms with Gasteiger partial charge in [-0.15, -0.1) is 51.8 Å². The van der Waals surface area contributed by atoms with Gasteiger partial charge in [-0.3, -0.25) is 9.78 Å². The fourth-order valence-electron chi connectivity index (χ4n) is 6.06. The van der Waals surface area contributed by atoms with Gasteiger partial charge in [0.25, 0.3) is 0 Å². The molecule has 6 rings (SSSR count). The molecule has 3 aromatic heterocycles. The molecule has 1 N–H and O–H groups in total. The van der Waals surface area contributed by atoms with E-state index in [-0.39, 0.29) is 47.9 Å². The number of carbonyl (C=O) groups is 1. The predicted octanol–water partition coefficient (Wildman–Crippen LogP) is 13.2. The topological polar surface area (TPSA) is 50.2 Å². The second kappa shape index (κ2) is 14.9. The van der Waals surface area contributed by atoms with Gasteiger partial charge in [0, 0.05) is 73.8 Å². The van der Waals surface area contributed by atoms with E-state index in [1.54, 1.807) is 11.3 Å². The van der Waals surface area contributed by atoms with Gasteiger partial charge in [0.2, 0.25) is 0 Å². The second-order valence-electron chi connectivity index (χ2n) is 14.2. The van der Waals surface area contributed by atoms with Gasteiger partial charge in [-0.05, 0) is 60.1 Å². The van der Waals surface area contributed by atoms with Crippen LogP contribution in [0, 0.1) is 16.9 Å². The summed E-state index contributed by atoms with van der Waals surface area (Å²) in [6.07, 6.45) is 6.70. The van der Waals surface area contributed by atoms with Gasteiger partial charge in [0.05, 0.1) is 0 Å². The number of allylic oxidation sites excluding steroid dienone is 2. The van der Waals surface area contributed by atoms with Crippen LogP contribution in [0.4, 0.5) is 0 Å². The summed E-state index contributed by atoms with van der Waals surface area (Å²) in [7, 11) is 0. The van der Waals surface area contributed by atoms with Crippen LogP contribution in [0.25, 0.3) is 52.3 Å². The Labute approximate surface area is 307 Å². The van der Waals surface area contributed by atoms with Crippen molar-refractivity contribution in [3.63, 3.8) is 0 Å². The van der Waals surface area contributed by atoms with Crippen molar-refractivity contribution in [3.05, 3.63) is 89.6 Å². The van der Waals surface area contributed by atoms with Gasteiger partial charge < -0.3 is 5.11 Å². The first kappa shape index (κ1) is 37.9. The number of hydrogen-bond acceptors (Lipinski definition) is 5. The fraction of sp³-hybridized carbons (Fsp3) is 0.381. The second-order valence-corrected chi connectivity index (χ2v) is 16.2. The van der Waals surface area contributed by atoms with Gasteiger partial charge in [-0.1, -0.05) is 97.5 Å². The zero-order chi connectivity index (χ0) is 34.1. The molecule has 3 heterocycles. The summed E-state index contributed by atoms with van der Waals surface area (Å²) in [6, 6.07) is 23.4. The average molecular weight is 855 g/mol. The van der Waals surface area contributed by atoms with E-state index in [1.807, 2.05) is 59.1 Å². The zero-order valence-electron chi connectivity index (χ0n) is 29.7. The zero-order valence-corrected chi connectivity index (χ0v) is 33.7. The molecule has 0 aliphatic rings. The Morgan fingerprint density at radius 1 is 0.812 bits per heavy atom. The van der Waals surface area contributed by atoms with E-state index in [2.05, 4.69) is 86.8 Å². The smallest absolute Gasteiger partial charge is 0.164 e. The number of thiophene rings is 2. The molecule has 255 valence electrons. The number of hydrogen-bond donors (Lipinski definition) is 1. The molecule has 0 aliphatic heterocycles. The maximum atomic E-state index is 12.2. The van der Waals surface area contributed by atoms with Gasteiger partial charge in [0.15, 0.2) is 5.78 Å². The molecule has 48 heavy (non-hydrogen) atoms. The first-order chi connectivity index (χ1) is 22.3. The normalized spacial score (nSPS) is 12.7. The van der Waals surface area contributed by atoms with E-state index >= 15 is 0 Å². The van der Waals surface area contributed by atoms with Crippen molar-refractivity contribution in [2.75, 3.05) is 0 Å². The maximum absolute atomic E-state index is 12.2. The quantitative estimate of drug-likeness (QED) is 0.0943. The number of rotatable bonds is 8. The van der Waals surface area contributed by atoms with E-state index in [4.69, 9.17) is 4.98 Å². The molecule has 0 unspecified atom stereocenters. The minimum Gasteiger partial charge on any atom is -0.512 e. The maximum Gasteiger partial charge on any atom is 0.164 e. The first-order valence-corrected chi connectivity index (χ1v) is 18.6. The average Bonchev–Trinajstić information content (AvgIpc) is 3.71. The number of aliphatic hydroxyl groups excluding tert-OH is 1. The number of pyridine rings is 1. The molecule has 3 nitrogen and oxygen atoms in total. The molecular formula is C42H48IrNO2S2-. The van der Waals surface area contributed by atoms with Crippen molar-refractivity contribution in [1.29, 1.82) is 0 Å². The van der Waals surface area contributed by atoms with Crippen molar-refractivity contribution in [1.82, 2.24) is 4.98 Å². The molecule has 0 saturated carbocycles. The third kappa shape index (κ3) is 7.19. The largest absolute Gasteiger partial charge is 0.512 e. The van der Waals surface area contributed by atoms with Crippen LogP contribution in [0.3, 0.4) is 0 Å². The number of benzene rings is 3. The third-order valence-electron chi connectivity index (χ3n) is 10.4. The Kier molecular flexibility index (Phi) is 11.8. The van der Waals surface area contributed by atoms with Crippen LogP contribution in [0.1, 0.15) is 93.6 Å². The summed E-state index contributed by atoms with van der Waals surface area (Å²) in [5.74, 6) is 0.286. The summed E-state index contributed by atoms with van der Waals surface area (Å²) in [6.45, 7) is 18.9. The molecule has 0 spiro atoms. The van der Waals surface area contributed by atoms with Gasteiger partial charge in [-0.25, -0.2) is 0 Å². The van der Waals surface area contributed by atoms with E-state index in [0.717, 1.165) is 42.3 Å². The Balaban J connectivity index is 0.000000251. The minimum atomic E-state index is -0.337. The van der Waals surface area contributed by atoms with Gasteiger partial charge in [0.1, 0.15) is 5.76 Å². The van der Waals surface area contributed by atoms with Crippen LogP contribution in [0.15, 0.2) is 78.0 Å². The number of aliphatic hydroxyl groups is 1. The van der Waals surface area contributed by atoms with E-state index in [0.29, 0.717) is 0 Å². The number of aromatic nitrogens is 1. The van der Waals surface area contributed by atoms with Crippen molar-refractivity contribution in [2.45, 2.75) is 93.4 Å². The fourth-order valence-corrected chi connectivity index (χ4v) is 8.25. The Morgan fingerprint density at radius 3 is 2.10 bits per heavy atom. The van der Waals surface area contributed by atoms with E-state index in [9.17, 15) is 9.90 Å². The van der Waals surface area contributed by atoms with Crippen molar-refractivity contribution < 1.29 is 30.0 Å². The Morgan fingerprint density at radius 2 is 1.46 bits per heavy atom. The SMILES string of the molecule is CC(C)(C)c1cc(-c2nccc3c2sc2c4ccsc4ccc32)[c-]c2ccccc12.CCC(C)(CC)C(=O)/C=C(\O)C(C)(CC)CC.[Ir]. The van der Waals surface area contributed by atoms with Crippen molar-refractivity contribution in [3.8, 4) is 11.3 Å². The summed E-state index contributed by atoms with van der Waals surface area (Å²) in [5, 5.41) is 18.7. The van der Waals surface area contributed by atoms with Crippen LogP contribution in [-0.4, -0.2) is 15.9 Å². The molecule has 0 saturated heterocycles. The predicted molar refractivity (Wildman–Crippen MR) is 206 cm³/mol. The number of ketones is 1. The van der Waals surface area contributed by atoms with Gasteiger partial charge in [-0.2, -0.15) is 0 Å². The molecule has 3 aromatic carbocycles. The molecule has 1 radical (unpaired) electrons. The van der Waals surface area contributed by atoms with Crippen LogP contribution in [0.2, 0.25) is 0 Å². The molecule has 0 fully saturated rings. The third-order valence-corrected chi connectivity index (χ3v) is 12.6. The molecule has 0 atom stereocenters. The minimum absolute atomic E-state index is 0. The van der Waals surface area contributed by atoms with Crippen LogP contribution < -0.4 is 0 Å². The Bertz CT molecular complexity index is 2090. The van der Waals surface area contributed by atoms with E-state index in [1.165, 1.54) is 47.3 Å². The summed E-state index contributed by atoms with van der Waals surface area (Å²) in [4.78, 5) is 17.0. The summed E-state index contributed by atoms with van der Waals surface area (Å²) >= 11 is 3.66. The Hall–Kier alpha value is -2.89. The number of nitrogens with zero attached hydrogens (tertiary/aromatic N) is 1. The number of carbonyl (C=O) groups excluding carboxylic acids is 1. The summed E-state index contributed by atoms with van der Waals surface area (Å²) < 4.78 is 3.95. The molecule has 0 amide bonds. The first-order valence-electron chi connectivity index (χ1n) is 16.9. The van der Waals surface area contributed by atoms with Gasteiger partial charge >= 0.3 is 0 Å². The van der Waals surface area contributed by atoms with Crippen LogP contribution >= 0.6 is 22.7 Å². The summed E-state index contributed by atoms with van der Waals surface area (Å²) in [5.41, 5.74) is 2.90. The standard InChI is InChI=1S/C27H20NS2.C15H28O2.Ir/c1-27(2,3)22-15-17(14-16-6-4-5-7-18(16)22)24-26-20(10-12-28-24)19-8-9-23-21(11-13-29-23)25(19)30-26;1-7-14(5,8-2)12(16)11-13(17)15(6,9-3)10-4;/h4-13,15H,1-3H3;11,16H,7-10H2,1-6H3;/q-1;;/b;12-11-;. The molecule has 0 bridgehead atoms. The monoisotopic (exact) mass is 855 g/mol. The molecular weight excluding hydrogens is 807 g/mol. The van der Waals surface area contributed by atoms with E-state index < -0.39 is 0 Å². The van der Waals surface area contributed by atoms with Crippen LogP contribution in [0.5, 0.6) is 0 Å². The van der Waals surface area contributed by atoms with Crippen molar-refractivity contribution >= 4 is 69.5 Å². The number of fused-ring (bicyclic) bond motifs is 6. The molecule has 0 aliphatic carbocycles.